The second-order valence-corrected chi connectivity index (χ2v) is 3.95. The summed E-state index contributed by atoms with van der Waals surface area (Å²) in [5.41, 5.74) is 2.95. The quantitative estimate of drug-likeness (QED) is 0.556. The number of nitrogens with zero attached hydrogens (tertiary/aromatic N) is 2. The van der Waals surface area contributed by atoms with Crippen LogP contribution in [0.2, 0.25) is 0 Å². The van der Waals surface area contributed by atoms with E-state index in [-0.39, 0.29) is 5.69 Å². The first-order valence-corrected chi connectivity index (χ1v) is 6.00. The molecule has 0 fully saturated rings. The van der Waals surface area contributed by atoms with Crippen molar-refractivity contribution in [2.45, 2.75) is 0 Å². The maximum Gasteiger partial charge on any atom is 0.276 e. The van der Waals surface area contributed by atoms with Crippen molar-refractivity contribution < 1.29 is 14.3 Å². The molecule has 8 nitrogen and oxygen atoms in total. The Bertz CT molecular complexity index is 647. The lowest BCUT2D eigenvalue weighted by atomic mass is 10.2. The molecule has 0 atom stereocenters. The minimum absolute atomic E-state index is 0.128. The van der Waals surface area contributed by atoms with Crippen molar-refractivity contribution in [1.29, 1.82) is 0 Å². The van der Waals surface area contributed by atoms with E-state index in [1.165, 1.54) is 19.5 Å². The molecular weight excluding hydrogens is 274 g/mol. The van der Waals surface area contributed by atoms with Crippen LogP contribution in [0.4, 0.5) is 11.5 Å². The van der Waals surface area contributed by atoms with E-state index < -0.39 is 5.91 Å². The van der Waals surface area contributed by atoms with Gasteiger partial charge in [0.2, 0.25) is 0 Å². The Balaban J connectivity index is 2.22. The van der Waals surface area contributed by atoms with Crippen LogP contribution < -0.4 is 26.1 Å². The molecule has 0 radical (unpaired) electrons. The van der Waals surface area contributed by atoms with Crippen LogP contribution in [-0.2, 0) is 0 Å². The SMILES string of the molecule is COc1ccc(NC(=O)c2cncc(NN)n2)c(OC)c1. The number of ether oxygens (including phenoxy) is 2. The minimum Gasteiger partial charge on any atom is -0.497 e. The number of rotatable bonds is 5. The maximum atomic E-state index is 12.1. The summed E-state index contributed by atoms with van der Waals surface area (Å²) in [6.07, 6.45) is 2.75. The van der Waals surface area contributed by atoms with E-state index in [1.807, 2.05) is 0 Å². The summed E-state index contributed by atoms with van der Waals surface area (Å²) in [5, 5.41) is 2.69. The molecule has 4 N–H and O–H groups in total. The molecule has 21 heavy (non-hydrogen) atoms. The third-order valence-electron chi connectivity index (χ3n) is 2.67. The van der Waals surface area contributed by atoms with Crippen molar-refractivity contribution in [2.24, 2.45) is 5.84 Å². The van der Waals surface area contributed by atoms with Gasteiger partial charge in [0.1, 0.15) is 17.2 Å². The number of hydrazine groups is 1. The molecule has 0 aliphatic rings. The normalized spacial score (nSPS) is 9.86. The first-order chi connectivity index (χ1) is 10.2. The average molecular weight is 289 g/mol. The van der Waals surface area contributed by atoms with Crippen LogP contribution in [0.1, 0.15) is 10.5 Å². The van der Waals surface area contributed by atoms with Gasteiger partial charge in [-0.15, -0.1) is 0 Å². The van der Waals surface area contributed by atoms with Gasteiger partial charge in [0.05, 0.1) is 32.3 Å². The Morgan fingerprint density at radius 1 is 1.24 bits per heavy atom. The number of nitrogen functional groups attached to an aromatic ring is 1. The number of methoxy groups -OCH3 is 2. The topological polar surface area (TPSA) is 111 Å². The van der Waals surface area contributed by atoms with Crippen LogP contribution in [0.15, 0.2) is 30.6 Å². The molecule has 0 spiro atoms. The summed E-state index contributed by atoms with van der Waals surface area (Å²) in [6.45, 7) is 0. The predicted octanol–water partition coefficient (Wildman–Crippen LogP) is 1.03. The largest absolute Gasteiger partial charge is 0.497 e. The number of anilines is 2. The molecule has 0 aliphatic heterocycles. The summed E-state index contributed by atoms with van der Waals surface area (Å²) >= 11 is 0. The van der Waals surface area contributed by atoms with Crippen LogP contribution in [0.25, 0.3) is 0 Å². The Morgan fingerprint density at radius 3 is 2.71 bits per heavy atom. The fraction of sp³-hybridized carbons (Fsp3) is 0.154. The number of amides is 1. The second-order valence-electron chi connectivity index (χ2n) is 3.95. The number of carbonyl (C=O) groups excluding carboxylic acids is 1. The van der Waals surface area contributed by atoms with Crippen molar-refractivity contribution in [1.82, 2.24) is 9.97 Å². The zero-order chi connectivity index (χ0) is 15.2. The third-order valence-corrected chi connectivity index (χ3v) is 2.67. The van der Waals surface area contributed by atoms with Crippen LogP contribution in [0.5, 0.6) is 11.5 Å². The number of hydrogen-bond acceptors (Lipinski definition) is 7. The smallest absolute Gasteiger partial charge is 0.276 e. The number of nitrogens with two attached hydrogens (primary N) is 1. The van der Waals surface area contributed by atoms with Crippen molar-refractivity contribution >= 4 is 17.4 Å². The fourth-order valence-electron chi connectivity index (χ4n) is 1.63. The highest BCUT2D eigenvalue weighted by molar-refractivity contribution is 6.03. The predicted molar refractivity (Wildman–Crippen MR) is 77.3 cm³/mol. The standard InChI is InChI=1S/C13H15N5O3/c1-20-8-3-4-9(11(5-8)21-2)17-13(19)10-6-15-7-12(16-10)18-14/h3-7H,14H2,1-2H3,(H,16,18)(H,17,19). The van der Waals surface area contributed by atoms with Gasteiger partial charge in [0.15, 0.2) is 5.82 Å². The lowest BCUT2D eigenvalue weighted by Crippen LogP contribution is -2.17. The monoisotopic (exact) mass is 289 g/mol. The Hall–Kier alpha value is -2.87. The lowest BCUT2D eigenvalue weighted by Gasteiger charge is -2.11. The van der Waals surface area contributed by atoms with Crippen molar-refractivity contribution in [3.8, 4) is 11.5 Å². The molecule has 1 aromatic heterocycles. The van der Waals surface area contributed by atoms with Gasteiger partial charge in [-0.2, -0.15) is 0 Å². The average Bonchev–Trinajstić information content (AvgIpc) is 2.55. The summed E-state index contributed by atoms with van der Waals surface area (Å²) in [7, 11) is 3.05. The van der Waals surface area contributed by atoms with Crippen LogP contribution in [0, 0.1) is 0 Å². The molecule has 110 valence electrons. The van der Waals surface area contributed by atoms with Gasteiger partial charge in [-0.05, 0) is 12.1 Å². The number of aromatic nitrogens is 2. The molecule has 0 saturated heterocycles. The second kappa shape index (κ2) is 6.53. The van der Waals surface area contributed by atoms with Gasteiger partial charge in [-0.25, -0.2) is 10.8 Å². The Labute approximate surface area is 121 Å². The first kappa shape index (κ1) is 14.5. The van der Waals surface area contributed by atoms with Crippen LogP contribution in [-0.4, -0.2) is 30.1 Å². The van der Waals surface area contributed by atoms with Gasteiger partial charge >= 0.3 is 0 Å². The number of benzene rings is 1. The molecule has 8 heteroatoms. The Morgan fingerprint density at radius 2 is 2.05 bits per heavy atom. The van der Waals surface area contributed by atoms with Gasteiger partial charge in [0, 0.05) is 6.07 Å². The number of hydrogen-bond donors (Lipinski definition) is 3. The van der Waals surface area contributed by atoms with E-state index in [1.54, 1.807) is 25.3 Å². The van der Waals surface area contributed by atoms with E-state index in [4.69, 9.17) is 15.3 Å². The number of nitrogens with one attached hydrogen (secondary N) is 2. The minimum atomic E-state index is -0.428. The third kappa shape index (κ3) is 3.37. The molecular formula is C13H15N5O3. The zero-order valence-corrected chi connectivity index (χ0v) is 11.6. The summed E-state index contributed by atoms with van der Waals surface area (Å²) in [6, 6.07) is 5.05. The first-order valence-electron chi connectivity index (χ1n) is 6.00. The van der Waals surface area contributed by atoms with Gasteiger partial charge in [-0.3, -0.25) is 9.78 Å². The zero-order valence-electron chi connectivity index (χ0n) is 11.6. The van der Waals surface area contributed by atoms with Gasteiger partial charge in [-0.1, -0.05) is 0 Å². The van der Waals surface area contributed by atoms with Crippen LogP contribution >= 0.6 is 0 Å². The van der Waals surface area contributed by atoms with Crippen molar-refractivity contribution in [2.75, 3.05) is 25.0 Å². The summed E-state index contributed by atoms with van der Waals surface area (Å²) in [4.78, 5) is 20.0. The van der Waals surface area contributed by atoms with E-state index in [0.29, 0.717) is 23.0 Å². The maximum absolute atomic E-state index is 12.1. The van der Waals surface area contributed by atoms with E-state index in [2.05, 4.69) is 20.7 Å². The highest BCUT2D eigenvalue weighted by atomic mass is 16.5. The van der Waals surface area contributed by atoms with Gasteiger partial charge < -0.3 is 20.2 Å². The molecule has 0 unspecified atom stereocenters. The fourth-order valence-corrected chi connectivity index (χ4v) is 1.63. The molecule has 2 aromatic rings. The van der Waals surface area contributed by atoms with E-state index >= 15 is 0 Å². The lowest BCUT2D eigenvalue weighted by molar-refractivity contribution is 0.102. The summed E-state index contributed by atoms with van der Waals surface area (Å²) < 4.78 is 10.3. The highest BCUT2D eigenvalue weighted by Gasteiger charge is 2.12. The van der Waals surface area contributed by atoms with Crippen LogP contribution in [0.3, 0.4) is 0 Å². The molecule has 1 aromatic carbocycles. The molecule has 0 saturated carbocycles. The van der Waals surface area contributed by atoms with E-state index in [9.17, 15) is 4.79 Å². The van der Waals surface area contributed by atoms with Crippen molar-refractivity contribution in [3.63, 3.8) is 0 Å². The molecule has 0 aliphatic carbocycles. The van der Waals surface area contributed by atoms with Crippen molar-refractivity contribution in [3.05, 3.63) is 36.3 Å². The number of carbonyl (C=O) groups is 1. The van der Waals surface area contributed by atoms with E-state index in [0.717, 1.165) is 0 Å². The van der Waals surface area contributed by atoms with Gasteiger partial charge in [0.25, 0.3) is 5.91 Å². The molecule has 0 bridgehead atoms. The molecule has 1 amide bonds. The summed E-state index contributed by atoms with van der Waals surface area (Å²) in [5.74, 6) is 6.20. The molecule has 1 heterocycles. The Kier molecular flexibility index (Phi) is 4.52. The molecule has 2 rings (SSSR count). The highest BCUT2D eigenvalue weighted by Crippen LogP contribution is 2.29.